The lowest BCUT2D eigenvalue weighted by molar-refractivity contribution is 0.102. The molecular formula is C14H10BrF3N2O. The van der Waals surface area contributed by atoms with Crippen LogP contribution in [0.2, 0.25) is 0 Å². The quantitative estimate of drug-likeness (QED) is 0.797. The molecule has 0 saturated heterocycles. The van der Waals surface area contributed by atoms with E-state index in [0.717, 1.165) is 12.1 Å². The van der Waals surface area contributed by atoms with Crippen LogP contribution in [0.5, 0.6) is 0 Å². The number of anilines is 2. The third-order valence-corrected chi connectivity index (χ3v) is 3.45. The maximum Gasteiger partial charge on any atom is 0.258 e. The molecule has 1 amide bonds. The smallest absolute Gasteiger partial charge is 0.258 e. The number of benzene rings is 2. The monoisotopic (exact) mass is 358 g/mol. The van der Waals surface area contributed by atoms with E-state index in [2.05, 4.69) is 21.2 Å². The summed E-state index contributed by atoms with van der Waals surface area (Å²) in [6.45, 7) is 1.65. The van der Waals surface area contributed by atoms with Gasteiger partial charge in [-0.15, -0.1) is 0 Å². The van der Waals surface area contributed by atoms with Crippen LogP contribution in [-0.4, -0.2) is 5.91 Å². The molecule has 2 rings (SSSR count). The highest BCUT2D eigenvalue weighted by molar-refractivity contribution is 9.10. The van der Waals surface area contributed by atoms with Crippen LogP contribution in [0.4, 0.5) is 24.5 Å². The third-order valence-electron chi connectivity index (χ3n) is 2.85. The van der Waals surface area contributed by atoms with Crippen LogP contribution in [0.3, 0.4) is 0 Å². The van der Waals surface area contributed by atoms with Crippen molar-refractivity contribution >= 4 is 33.2 Å². The lowest BCUT2D eigenvalue weighted by Crippen LogP contribution is -2.15. The van der Waals surface area contributed by atoms with Gasteiger partial charge in [-0.2, -0.15) is 0 Å². The Balaban J connectivity index is 2.35. The van der Waals surface area contributed by atoms with Crippen LogP contribution in [0, 0.1) is 24.4 Å². The number of rotatable bonds is 2. The fourth-order valence-electron chi connectivity index (χ4n) is 1.71. The molecule has 0 aliphatic heterocycles. The Hall–Kier alpha value is -2.02. The van der Waals surface area contributed by atoms with Gasteiger partial charge in [0.05, 0.1) is 15.7 Å². The fraction of sp³-hybridized carbons (Fsp3) is 0.0714. The number of nitrogens with two attached hydrogens (primary N) is 1. The predicted molar refractivity (Wildman–Crippen MR) is 77.6 cm³/mol. The minimum atomic E-state index is -1.05. The zero-order valence-electron chi connectivity index (χ0n) is 10.8. The van der Waals surface area contributed by atoms with E-state index >= 15 is 0 Å². The van der Waals surface area contributed by atoms with Gasteiger partial charge in [0.2, 0.25) is 0 Å². The highest BCUT2D eigenvalue weighted by atomic mass is 79.9. The minimum absolute atomic E-state index is 0.183. The van der Waals surface area contributed by atoms with E-state index in [9.17, 15) is 18.0 Å². The van der Waals surface area contributed by atoms with Gasteiger partial charge < -0.3 is 11.1 Å². The molecule has 0 bridgehead atoms. The molecule has 0 saturated carbocycles. The van der Waals surface area contributed by atoms with Gasteiger partial charge in [0.1, 0.15) is 17.5 Å². The van der Waals surface area contributed by atoms with E-state index in [1.165, 1.54) is 6.07 Å². The largest absolute Gasteiger partial charge is 0.396 e. The zero-order chi connectivity index (χ0) is 15.7. The standard InChI is InChI=1S/C14H10BrF3N2O/c1-6-2-8(15)10(17)5-13(6)20-14(21)7-3-12(19)11(18)4-9(7)16/h2-5H,19H2,1H3,(H,20,21). The summed E-state index contributed by atoms with van der Waals surface area (Å²) in [7, 11) is 0. The van der Waals surface area contributed by atoms with Crippen LogP contribution in [0.25, 0.3) is 0 Å². The molecule has 110 valence electrons. The van der Waals surface area contributed by atoms with Gasteiger partial charge >= 0.3 is 0 Å². The Bertz CT molecular complexity index is 735. The average Bonchev–Trinajstić information content (AvgIpc) is 2.40. The van der Waals surface area contributed by atoms with Crippen molar-refractivity contribution in [3.8, 4) is 0 Å². The number of carbonyl (C=O) groups excluding carboxylic acids is 1. The second kappa shape index (κ2) is 5.77. The van der Waals surface area contributed by atoms with Crippen molar-refractivity contribution in [3.63, 3.8) is 0 Å². The SMILES string of the molecule is Cc1cc(Br)c(F)cc1NC(=O)c1cc(N)c(F)cc1F. The Kier molecular flexibility index (Phi) is 4.22. The number of carbonyl (C=O) groups is 1. The van der Waals surface area contributed by atoms with E-state index in [0.29, 0.717) is 11.6 Å². The van der Waals surface area contributed by atoms with E-state index in [1.54, 1.807) is 6.92 Å². The fourth-order valence-corrected chi connectivity index (χ4v) is 2.17. The van der Waals surface area contributed by atoms with Crippen LogP contribution in [0.15, 0.2) is 28.7 Å². The van der Waals surface area contributed by atoms with Crippen molar-refractivity contribution in [1.29, 1.82) is 0 Å². The van der Waals surface area contributed by atoms with Crippen molar-refractivity contribution < 1.29 is 18.0 Å². The van der Waals surface area contributed by atoms with Gasteiger partial charge in [0.25, 0.3) is 5.91 Å². The summed E-state index contributed by atoms with van der Waals surface area (Å²) in [5.74, 6) is -3.41. The maximum atomic E-state index is 13.6. The van der Waals surface area contributed by atoms with Gasteiger partial charge in [-0.3, -0.25) is 4.79 Å². The van der Waals surface area contributed by atoms with Gasteiger partial charge in [-0.25, -0.2) is 13.2 Å². The topological polar surface area (TPSA) is 55.1 Å². The number of halogens is 4. The molecule has 7 heteroatoms. The highest BCUT2D eigenvalue weighted by Crippen LogP contribution is 2.25. The Labute approximate surface area is 127 Å². The van der Waals surface area contributed by atoms with Crippen LogP contribution in [-0.2, 0) is 0 Å². The number of hydrogen-bond acceptors (Lipinski definition) is 2. The van der Waals surface area contributed by atoms with Crippen molar-refractivity contribution in [1.82, 2.24) is 0 Å². The highest BCUT2D eigenvalue weighted by Gasteiger charge is 2.16. The van der Waals surface area contributed by atoms with Gasteiger partial charge in [-0.1, -0.05) is 0 Å². The summed E-state index contributed by atoms with van der Waals surface area (Å²) < 4.78 is 40.4. The van der Waals surface area contributed by atoms with E-state index in [1.807, 2.05) is 0 Å². The molecular weight excluding hydrogens is 349 g/mol. The first kappa shape index (κ1) is 15.4. The molecule has 0 radical (unpaired) electrons. The summed E-state index contributed by atoms with van der Waals surface area (Å²) in [6, 6.07) is 3.99. The second-order valence-electron chi connectivity index (χ2n) is 4.39. The normalized spacial score (nSPS) is 10.5. The first-order valence-electron chi connectivity index (χ1n) is 5.81. The number of aryl methyl sites for hydroxylation is 1. The summed E-state index contributed by atoms with van der Waals surface area (Å²) in [5, 5.41) is 2.36. The predicted octanol–water partition coefficient (Wildman–Crippen LogP) is 4.01. The molecule has 0 aromatic heterocycles. The summed E-state index contributed by atoms with van der Waals surface area (Å²) in [4.78, 5) is 12.0. The number of nitrogens with one attached hydrogen (secondary N) is 1. The molecule has 2 aromatic carbocycles. The summed E-state index contributed by atoms with van der Waals surface area (Å²) in [6.07, 6.45) is 0. The number of amides is 1. The molecule has 0 fully saturated rings. The summed E-state index contributed by atoms with van der Waals surface area (Å²) in [5.41, 5.74) is 5.30. The first-order valence-corrected chi connectivity index (χ1v) is 6.60. The van der Waals surface area contributed by atoms with Gasteiger partial charge in [0.15, 0.2) is 0 Å². The maximum absolute atomic E-state index is 13.6. The molecule has 0 aliphatic rings. The molecule has 2 aromatic rings. The zero-order valence-corrected chi connectivity index (χ0v) is 12.4. The number of nitrogen functional groups attached to an aromatic ring is 1. The van der Waals surface area contributed by atoms with Crippen molar-refractivity contribution in [2.75, 3.05) is 11.1 Å². The Morgan fingerprint density at radius 2 is 1.76 bits per heavy atom. The Morgan fingerprint density at radius 1 is 1.10 bits per heavy atom. The van der Waals surface area contributed by atoms with Crippen molar-refractivity contribution in [2.24, 2.45) is 0 Å². The number of hydrogen-bond donors (Lipinski definition) is 2. The van der Waals surface area contributed by atoms with Crippen LogP contribution >= 0.6 is 15.9 Å². The Morgan fingerprint density at radius 3 is 2.43 bits per heavy atom. The van der Waals surface area contributed by atoms with Gasteiger partial charge in [0, 0.05) is 11.8 Å². The minimum Gasteiger partial charge on any atom is -0.396 e. The van der Waals surface area contributed by atoms with Crippen LogP contribution < -0.4 is 11.1 Å². The van der Waals surface area contributed by atoms with Gasteiger partial charge in [-0.05, 0) is 46.6 Å². The molecule has 0 spiro atoms. The van der Waals surface area contributed by atoms with Crippen molar-refractivity contribution in [2.45, 2.75) is 6.92 Å². The lowest BCUT2D eigenvalue weighted by Gasteiger charge is -2.10. The van der Waals surface area contributed by atoms with Crippen molar-refractivity contribution in [3.05, 3.63) is 57.3 Å². The molecule has 0 heterocycles. The molecule has 0 aliphatic carbocycles. The molecule has 21 heavy (non-hydrogen) atoms. The first-order chi connectivity index (χ1) is 9.79. The third kappa shape index (κ3) is 3.18. The average molecular weight is 359 g/mol. The van der Waals surface area contributed by atoms with Crippen LogP contribution in [0.1, 0.15) is 15.9 Å². The molecule has 0 atom stereocenters. The molecule has 3 N–H and O–H groups in total. The van der Waals surface area contributed by atoms with E-state index < -0.39 is 28.9 Å². The molecule has 0 unspecified atom stereocenters. The van der Waals surface area contributed by atoms with E-state index in [-0.39, 0.29) is 15.8 Å². The van der Waals surface area contributed by atoms with E-state index in [4.69, 9.17) is 5.73 Å². The molecule has 3 nitrogen and oxygen atoms in total. The second-order valence-corrected chi connectivity index (χ2v) is 5.24. The lowest BCUT2D eigenvalue weighted by atomic mass is 10.1. The summed E-state index contributed by atoms with van der Waals surface area (Å²) >= 11 is 3.01.